The zero-order chi connectivity index (χ0) is 15.2. The first-order valence-corrected chi connectivity index (χ1v) is 7.29. The van der Waals surface area contributed by atoms with Crippen LogP contribution >= 0.6 is 0 Å². The number of methoxy groups -OCH3 is 2. The average Bonchev–Trinajstić information content (AvgIpc) is 2.54. The highest BCUT2D eigenvalue weighted by Gasteiger charge is 2.14. The predicted molar refractivity (Wildman–Crippen MR) is 90.5 cm³/mol. The van der Waals surface area contributed by atoms with Gasteiger partial charge in [0.15, 0.2) is 11.5 Å². The Morgan fingerprint density at radius 3 is 1.19 bits per heavy atom. The first-order valence-electron chi connectivity index (χ1n) is 7.29. The quantitative estimate of drug-likeness (QED) is 0.584. The molecule has 0 N–H and O–H groups in total. The molecule has 0 heterocycles. The third-order valence-corrected chi connectivity index (χ3v) is 3.25. The molecule has 0 atom stereocenters. The molecule has 0 bridgehead atoms. The van der Waals surface area contributed by atoms with Crippen molar-refractivity contribution in [1.82, 2.24) is 0 Å². The lowest BCUT2D eigenvalue weighted by Gasteiger charge is -2.14. The zero-order valence-corrected chi connectivity index (χ0v) is 13.1. The summed E-state index contributed by atoms with van der Waals surface area (Å²) in [6.07, 6.45) is 1.25. The van der Waals surface area contributed by atoms with E-state index in [1.165, 1.54) is 17.2 Å². The van der Waals surface area contributed by atoms with E-state index >= 15 is 0 Å². The lowest BCUT2D eigenvalue weighted by atomic mass is 10.00. The molecule has 3 aromatic rings. The lowest BCUT2D eigenvalue weighted by molar-refractivity contribution is 0.362. The normalized spacial score (nSPS) is 10.1. The van der Waals surface area contributed by atoms with Crippen LogP contribution in [0.15, 0.2) is 48.5 Å². The van der Waals surface area contributed by atoms with E-state index in [9.17, 15) is 0 Å². The van der Waals surface area contributed by atoms with Gasteiger partial charge >= 0.3 is 0 Å². The minimum atomic E-state index is 0.798. The van der Waals surface area contributed by atoms with Crippen LogP contribution in [0.5, 0.6) is 11.5 Å². The van der Waals surface area contributed by atoms with Gasteiger partial charge in [0.25, 0.3) is 0 Å². The van der Waals surface area contributed by atoms with Crippen LogP contribution in [0.4, 0.5) is 0 Å². The molecule has 110 valence electrons. The lowest BCUT2D eigenvalue weighted by Crippen LogP contribution is -1.93. The highest BCUT2D eigenvalue weighted by molar-refractivity contribution is 6.13. The third-order valence-electron chi connectivity index (χ3n) is 3.25. The molecule has 0 spiro atoms. The van der Waals surface area contributed by atoms with Crippen LogP contribution in [0.25, 0.3) is 21.5 Å². The summed E-state index contributed by atoms with van der Waals surface area (Å²) in [5.74, 6) is 1.60. The molecule has 0 fully saturated rings. The van der Waals surface area contributed by atoms with E-state index in [0.717, 1.165) is 22.3 Å². The molecule has 3 rings (SSSR count). The van der Waals surface area contributed by atoms with Crippen molar-refractivity contribution in [2.75, 3.05) is 14.2 Å². The summed E-state index contributed by atoms with van der Waals surface area (Å²) in [6, 6.07) is 16.4. The average molecular weight is 282 g/mol. The molecule has 0 unspecified atom stereocenters. The standard InChI is InChI=1S/C16H14O2.C3H8/c1-17-15-13-9-5-3-7-11(13)12-8-4-6-10-14(12)16(15)18-2;1-3-2/h3-10H,1-2H3;3H2,1-2H3. The van der Waals surface area contributed by atoms with Crippen molar-refractivity contribution in [3.05, 3.63) is 48.5 Å². The SMILES string of the molecule is CCC.COc1c(OC)c2ccccc2c2ccccc12. The second-order valence-corrected chi connectivity index (χ2v) is 4.86. The van der Waals surface area contributed by atoms with Gasteiger partial charge in [-0.3, -0.25) is 0 Å². The summed E-state index contributed by atoms with van der Waals surface area (Å²) < 4.78 is 11.1. The summed E-state index contributed by atoms with van der Waals surface area (Å²) in [6.45, 7) is 4.25. The summed E-state index contributed by atoms with van der Waals surface area (Å²) in [5.41, 5.74) is 0. The van der Waals surface area contributed by atoms with E-state index in [0.29, 0.717) is 0 Å². The van der Waals surface area contributed by atoms with E-state index < -0.39 is 0 Å². The smallest absolute Gasteiger partial charge is 0.169 e. The van der Waals surface area contributed by atoms with Crippen LogP contribution in [-0.2, 0) is 0 Å². The van der Waals surface area contributed by atoms with Gasteiger partial charge < -0.3 is 9.47 Å². The van der Waals surface area contributed by atoms with E-state index in [2.05, 4.69) is 38.1 Å². The van der Waals surface area contributed by atoms with Crippen molar-refractivity contribution >= 4 is 21.5 Å². The molecule has 2 heteroatoms. The first-order chi connectivity index (χ1) is 10.3. The molecular weight excluding hydrogens is 260 g/mol. The Morgan fingerprint density at radius 1 is 0.619 bits per heavy atom. The minimum absolute atomic E-state index is 0.798. The highest BCUT2D eigenvalue weighted by atomic mass is 16.5. The monoisotopic (exact) mass is 282 g/mol. The van der Waals surface area contributed by atoms with Crippen molar-refractivity contribution < 1.29 is 9.47 Å². The number of hydrogen-bond donors (Lipinski definition) is 0. The summed E-state index contributed by atoms with van der Waals surface area (Å²) in [5, 5.41) is 4.53. The summed E-state index contributed by atoms with van der Waals surface area (Å²) >= 11 is 0. The van der Waals surface area contributed by atoms with Crippen LogP contribution in [0.2, 0.25) is 0 Å². The van der Waals surface area contributed by atoms with Gasteiger partial charge in [-0.1, -0.05) is 68.8 Å². The Balaban J connectivity index is 0.000000497. The van der Waals surface area contributed by atoms with Gasteiger partial charge in [-0.05, 0) is 10.8 Å². The maximum absolute atomic E-state index is 5.53. The van der Waals surface area contributed by atoms with E-state index in [1.807, 2.05) is 24.3 Å². The third kappa shape index (κ3) is 2.80. The van der Waals surface area contributed by atoms with Crippen LogP contribution in [0, 0.1) is 0 Å². The molecule has 2 nitrogen and oxygen atoms in total. The van der Waals surface area contributed by atoms with Crippen LogP contribution < -0.4 is 9.47 Å². The van der Waals surface area contributed by atoms with E-state index in [4.69, 9.17) is 9.47 Å². The molecule has 0 amide bonds. The first kappa shape index (κ1) is 15.2. The predicted octanol–water partition coefficient (Wildman–Crippen LogP) is 5.43. The van der Waals surface area contributed by atoms with Gasteiger partial charge in [0, 0.05) is 10.8 Å². The molecule has 0 saturated carbocycles. The second-order valence-electron chi connectivity index (χ2n) is 4.86. The maximum atomic E-state index is 5.53. The van der Waals surface area contributed by atoms with Crippen molar-refractivity contribution in [1.29, 1.82) is 0 Å². The van der Waals surface area contributed by atoms with Crippen molar-refractivity contribution in [3.63, 3.8) is 0 Å². The fraction of sp³-hybridized carbons (Fsp3) is 0.263. The number of fused-ring (bicyclic) bond motifs is 3. The van der Waals surface area contributed by atoms with Crippen LogP contribution in [0.1, 0.15) is 20.3 Å². The Labute approximate surface area is 126 Å². The van der Waals surface area contributed by atoms with Crippen LogP contribution in [0.3, 0.4) is 0 Å². The Bertz CT molecular complexity index is 669. The van der Waals surface area contributed by atoms with Gasteiger partial charge in [0.1, 0.15) is 0 Å². The van der Waals surface area contributed by atoms with Crippen molar-refractivity contribution in [3.8, 4) is 11.5 Å². The molecule has 0 aromatic heterocycles. The second kappa shape index (κ2) is 6.98. The fourth-order valence-corrected chi connectivity index (χ4v) is 2.48. The zero-order valence-electron chi connectivity index (χ0n) is 13.1. The molecule has 0 aliphatic carbocycles. The van der Waals surface area contributed by atoms with Gasteiger partial charge in [0.2, 0.25) is 0 Å². The maximum Gasteiger partial charge on any atom is 0.169 e. The van der Waals surface area contributed by atoms with Crippen molar-refractivity contribution in [2.24, 2.45) is 0 Å². The molecule has 0 radical (unpaired) electrons. The molecule has 21 heavy (non-hydrogen) atoms. The Morgan fingerprint density at radius 2 is 0.905 bits per heavy atom. The van der Waals surface area contributed by atoms with Gasteiger partial charge in [-0.15, -0.1) is 0 Å². The molecule has 0 aliphatic rings. The molecule has 0 saturated heterocycles. The topological polar surface area (TPSA) is 18.5 Å². The minimum Gasteiger partial charge on any atom is -0.492 e. The highest BCUT2D eigenvalue weighted by Crippen LogP contribution is 2.42. The van der Waals surface area contributed by atoms with Crippen molar-refractivity contribution in [2.45, 2.75) is 20.3 Å². The number of hydrogen-bond acceptors (Lipinski definition) is 2. The number of rotatable bonds is 2. The molecular formula is C19H22O2. The number of benzene rings is 3. The molecule has 0 aliphatic heterocycles. The molecule has 3 aromatic carbocycles. The Hall–Kier alpha value is -2.22. The van der Waals surface area contributed by atoms with E-state index in [-0.39, 0.29) is 0 Å². The summed E-state index contributed by atoms with van der Waals surface area (Å²) in [4.78, 5) is 0. The van der Waals surface area contributed by atoms with Crippen LogP contribution in [-0.4, -0.2) is 14.2 Å². The summed E-state index contributed by atoms with van der Waals surface area (Å²) in [7, 11) is 3.36. The van der Waals surface area contributed by atoms with Gasteiger partial charge in [-0.2, -0.15) is 0 Å². The fourth-order valence-electron chi connectivity index (χ4n) is 2.48. The van der Waals surface area contributed by atoms with Gasteiger partial charge in [0.05, 0.1) is 14.2 Å². The largest absolute Gasteiger partial charge is 0.492 e. The van der Waals surface area contributed by atoms with E-state index in [1.54, 1.807) is 14.2 Å². The van der Waals surface area contributed by atoms with Gasteiger partial charge in [-0.25, -0.2) is 0 Å². The number of ether oxygens (including phenoxy) is 2. The Kier molecular flexibility index (Phi) is 5.04.